The van der Waals surface area contributed by atoms with Crippen LogP contribution in [-0.4, -0.2) is 27.2 Å². The molecular weight excluding hydrogens is 516 g/mol. The Kier molecular flexibility index (Phi) is 9.18. The van der Waals surface area contributed by atoms with Gasteiger partial charge >= 0.3 is 12.4 Å². The number of hydrogen-bond donors (Lipinski definition) is 2. The van der Waals surface area contributed by atoms with Crippen LogP contribution >= 0.6 is 0 Å². The molecule has 38 heavy (non-hydrogen) atoms. The fraction of sp³-hybridized carbons (Fsp3) is 0.423. The third-order valence-electron chi connectivity index (χ3n) is 6.02. The summed E-state index contributed by atoms with van der Waals surface area (Å²) in [6, 6.07) is 4.34. The minimum atomic E-state index is -5.03. The zero-order valence-electron chi connectivity index (χ0n) is 20.5. The topological polar surface area (TPSA) is 84.2 Å². The minimum absolute atomic E-state index is 0.0139. The van der Waals surface area contributed by atoms with Crippen molar-refractivity contribution in [3.05, 3.63) is 74.8 Å². The number of carbonyl (C=O) groups is 1. The lowest BCUT2D eigenvalue weighted by atomic mass is 9.99. The third-order valence-corrected chi connectivity index (χ3v) is 6.02. The number of aliphatic hydroxyl groups excluding tert-OH is 1. The van der Waals surface area contributed by atoms with Crippen LogP contribution in [0.25, 0.3) is 10.9 Å². The highest BCUT2D eigenvalue weighted by molar-refractivity contribution is 5.99. The summed E-state index contributed by atoms with van der Waals surface area (Å²) in [5.41, 5.74) is -3.40. The number of nitrogens with zero attached hydrogens (tertiary/aromatic N) is 2. The average Bonchev–Trinajstić information content (AvgIpc) is 2.86. The van der Waals surface area contributed by atoms with Crippen LogP contribution in [0.2, 0.25) is 0 Å². The Balaban J connectivity index is 2.08. The van der Waals surface area contributed by atoms with Crippen LogP contribution in [0.1, 0.15) is 65.3 Å². The number of rotatable bonds is 10. The number of alkyl halides is 6. The average molecular weight is 544 g/mol. The van der Waals surface area contributed by atoms with Gasteiger partial charge in [0.25, 0.3) is 11.5 Å². The number of benzene rings is 1. The van der Waals surface area contributed by atoms with Gasteiger partial charge in [0.15, 0.2) is 0 Å². The van der Waals surface area contributed by atoms with E-state index in [0.29, 0.717) is 35.9 Å². The van der Waals surface area contributed by atoms with Crippen molar-refractivity contribution in [1.82, 2.24) is 14.9 Å². The van der Waals surface area contributed by atoms with Gasteiger partial charge in [0, 0.05) is 31.3 Å². The second kappa shape index (κ2) is 12.0. The standard InChI is InChI=1S/C26H27F6N3O3/c1-2-3-4-7-20-19-8-5-9-33-21(19)24(38)35(10-6-11-36)22(20)23(37)34-15-16-12-17(25(27,28)29)14-18(13-16)26(30,31)32/h5,8-9,12-14,36H,2-4,6-7,10-11,15H2,1H3,(H,34,37). The van der Waals surface area contributed by atoms with Crippen molar-refractivity contribution < 1.29 is 36.2 Å². The van der Waals surface area contributed by atoms with E-state index in [1.54, 1.807) is 12.1 Å². The Morgan fingerprint density at radius 1 is 1.03 bits per heavy atom. The van der Waals surface area contributed by atoms with E-state index in [1.165, 1.54) is 6.20 Å². The molecule has 0 aliphatic heterocycles. The van der Waals surface area contributed by atoms with Gasteiger partial charge in [-0.15, -0.1) is 0 Å². The maximum absolute atomic E-state index is 13.4. The van der Waals surface area contributed by atoms with E-state index in [1.807, 2.05) is 6.92 Å². The normalized spacial score (nSPS) is 12.2. The zero-order valence-corrected chi connectivity index (χ0v) is 20.5. The molecule has 6 nitrogen and oxygen atoms in total. The molecule has 0 spiro atoms. The molecule has 3 rings (SSSR count). The van der Waals surface area contributed by atoms with Gasteiger partial charge in [0.1, 0.15) is 11.2 Å². The van der Waals surface area contributed by atoms with E-state index in [0.717, 1.165) is 17.4 Å². The van der Waals surface area contributed by atoms with Gasteiger partial charge in [-0.3, -0.25) is 14.6 Å². The van der Waals surface area contributed by atoms with Crippen LogP contribution in [0.4, 0.5) is 26.3 Å². The predicted octanol–water partition coefficient (Wildman–Crippen LogP) is 5.48. The molecule has 0 aliphatic carbocycles. The number of hydrogen-bond acceptors (Lipinski definition) is 4. The highest BCUT2D eigenvalue weighted by Gasteiger charge is 2.37. The Bertz CT molecular complexity index is 1320. The first-order valence-electron chi connectivity index (χ1n) is 12.1. The largest absolute Gasteiger partial charge is 0.416 e. The summed E-state index contributed by atoms with van der Waals surface area (Å²) in [6.07, 6.45) is -5.73. The number of unbranched alkanes of at least 4 members (excludes halogenated alkanes) is 2. The van der Waals surface area contributed by atoms with Gasteiger partial charge in [-0.1, -0.05) is 25.8 Å². The van der Waals surface area contributed by atoms with Crippen molar-refractivity contribution in [3.63, 3.8) is 0 Å². The van der Waals surface area contributed by atoms with Gasteiger partial charge in [-0.25, -0.2) is 0 Å². The predicted molar refractivity (Wildman–Crippen MR) is 129 cm³/mol. The van der Waals surface area contributed by atoms with Crippen molar-refractivity contribution in [3.8, 4) is 0 Å². The first kappa shape index (κ1) is 29.2. The lowest BCUT2D eigenvalue weighted by Crippen LogP contribution is -2.34. The summed E-state index contributed by atoms with van der Waals surface area (Å²) < 4.78 is 80.6. The van der Waals surface area contributed by atoms with Crippen LogP contribution in [0.15, 0.2) is 41.3 Å². The maximum atomic E-state index is 13.4. The Hall–Kier alpha value is -3.41. The van der Waals surface area contributed by atoms with Gasteiger partial charge < -0.3 is 15.0 Å². The summed E-state index contributed by atoms with van der Waals surface area (Å²) in [6.45, 7) is 1.04. The molecule has 0 fully saturated rings. The van der Waals surface area contributed by atoms with Gasteiger partial charge in [0.05, 0.1) is 11.1 Å². The molecule has 0 unspecified atom stereocenters. The van der Waals surface area contributed by atoms with Crippen LogP contribution in [-0.2, 0) is 31.9 Å². The van der Waals surface area contributed by atoms with Crippen molar-refractivity contribution in [1.29, 1.82) is 0 Å². The Morgan fingerprint density at radius 2 is 1.68 bits per heavy atom. The number of carbonyl (C=O) groups excluding carboxylic acids is 1. The quantitative estimate of drug-likeness (QED) is 0.262. The van der Waals surface area contributed by atoms with Gasteiger partial charge in [-0.05, 0) is 54.7 Å². The fourth-order valence-corrected chi connectivity index (χ4v) is 4.23. The highest BCUT2D eigenvalue weighted by Crippen LogP contribution is 2.36. The Labute approximate surface area is 214 Å². The molecule has 0 bridgehead atoms. The lowest BCUT2D eigenvalue weighted by molar-refractivity contribution is -0.143. The summed E-state index contributed by atoms with van der Waals surface area (Å²) >= 11 is 0. The van der Waals surface area contributed by atoms with Crippen molar-refractivity contribution in [2.75, 3.05) is 6.61 Å². The number of fused-ring (bicyclic) bond motifs is 1. The smallest absolute Gasteiger partial charge is 0.396 e. The zero-order chi connectivity index (χ0) is 28.1. The van der Waals surface area contributed by atoms with E-state index in [-0.39, 0.29) is 36.8 Å². The fourth-order valence-electron chi connectivity index (χ4n) is 4.23. The number of aromatic nitrogens is 2. The van der Waals surface area contributed by atoms with E-state index < -0.39 is 47.1 Å². The van der Waals surface area contributed by atoms with Crippen molar-refractivity contribution in [2.45, 2.75) is 64.5 Å². The lowest BCUT2D eigenvalue weighted by Gasteiger charge is -2.19. The second-order valence-corrected chi connectivity index (χ2v) is 8.81. The number of aryl methyl sites for hydroxylation is 1. The van der Waals surface area contributed by atoms with E-state index in [4.69, 9.17) is 0 Å². The highest BCUT2D eigenvalue weighted by atomic mass is 19.4. The molecule has 2 N–H and O–H groups in total. The molecule has 0 atom stereocenters. The number of halogens is 6. The molecular formula is C26H27F6N3O3. The van der Waals surface area contributed by atoms with Crippen LogP contribution < -0.4 is 10.9 Å². The molecule has 0 saturated heterocycles. The summed E-state index contributed by atoms with van der Waals surface area (Å²) in [7, 11) is 0. The monoisotopic (exact) mass is 543 g/mol. The second-order valence-electron chi connectivity index (χ2n) is 8.81. The molecule has 1 aromatic carbocycles. The number of pyridine rings is 2. The number of aliphatic hydroxyl groups is 1. The first-order chi connectivity index (χ1) is 17.9. The number of nitrogens with one attached hydrogen (secondary N) is 1. The molecule has 206 valence electrons. The molecule has 12 heteroatoms. The molecule has 0 saturated carbocycles. The third kappa shape index (κ3) is 6.72. The molecule has 0 aliphatic rings. The molecule has 3 aromatic rings. The molecule has 2 heterocycles. The van der Waals surface area contributed by atoms with Crippen LogP contribution in [0.3, 0.4) is 0 Å². The summed E-state index contributed by atoms with van der Waals surface area (Å²) in [5.74, 6) is -0.830. The van der Waals surface area contributed by atoms with Crippen molar-refractivity contribution in [2.24, 2.45) is 0 Å². The van der Waals surface area contributed by atoms with Gasteiger partial charge in [-0.2, -0.15) is 26.3 Å². The van der Waals surface area contributed by atoms with E-state index in [9.17, 15) is 41.0 Å². The van der Waals surface area contributed by atoms with E-state index in [2.05, 4.69) is 10.3 Å². The van der Waals surface area contributed by atoms with Crippen LogP contribution in [0, 0.1) is 0 Å². The van der Waals surface area contributed by atoms with Crippen LogP contribution in [0.5, 0.6) is 0 Å². The maximum Gasteiger partial charge on any atom is 0.416 e. The molecule has 0 radical (unpaired) electrons. The summed E-state index contributed by atoms with van der Waals surface area (Å²) in [4.78, 5) is 30.8. The summed E-state index contributed by atoms with van der Waals surface area (Å²) in [5, 5.41) is 12.2. The van der Waals surface area contributed by atoms with Gasteiger partial charge in [0.2, 0.25) is 0 Å². The SMILES string of the molecule is CCCCCc1c(C(=O)NCc2cc(C(F)(F)F)cc(C(F)(F)F)c2)n(CCCO)c(=O)c2ncccc12. The number of amides is 1. The first-order valence-corrected chi connectivity index (χ1v) is 12.1. The van der Waals surface area contributed by atoms with E-state index >= 15 is 0 Å². The minimum Gasteiger partial charge on any atom is -0.396 e. The van der Waals surface area contributed by atoms with Crippen molar-refractivity contribution >= 4 is 16.8 Å². The molecule has 1 amide bonds. The Morgan fingerprint density at radius 3 is 2.26 bits per heavy atom. The molecule has 2 aromatic heterocycles.